The van der Waals surface area contributed by atoms with Crippen LogP contribution in [0.25, 0.3) is 22.3 Å². The van der Waals surface area contributed by atoms with E-state index < -0.39 is 0 Å². The largest absolute Gasteiger partial charge is 0.360 e. The van der Waals surface area contributed by atoms with E-state index >= 15 is 0 Å². The lowest BCUT2D eigenvalue weighted by Gasteiger charge is -2.08. The number of nitrogens with one attached hydrogen (secondary N) is 2. The average Bonchev–Trinajstić information content (AvgIpc) is 3.17. The van der Waals surface area contributed by atoms with Gasteiger partial charge < -0.3 is 19.7 Å². The first kappa shape index (κ1) is 15.2. The smallest absolute Gasteiger partial charge is 0.316 e. The Labute approximate surface area is 133 Å². The van der Waals surface area contributed by atoms with Crippen LogP contribution in [0.5, 0.6) is 0 Å². The first-order valence-electron chi connectivity index (χ1n) is 7.48. The van der Waals surface area contributed by atoms with Crippen LogP contribution in [0.3, 0.4) is 0 Å². The van der Waals surface area contributed by atoms with Gasteiger partial charge in [-0.3, -0.25) is 4.79 Å². The van der Waals surface area contributed by atoms with Gasteiger partial charge in [-0.15, -0.1) is 0 Å². The number of para-hydroxylation sites is 1. The van der Waals surface area contributed by atoms with Crippen molar-refractivity contribution in [3.05, 3.63) is 36.4 Å². The molecule has 7 nitrogen and oxygen atoms in total. The number of fused-ring (bicyclic) bond motifs is 1. The average molecular weight is 313 g/mol. The van der Waals surface area contributed by atoms with Crippen molar-refractivity contribution in [1.29, 1.82) is 0 Å². The Morgan fingerprint density at radius 1 is 1.35 bits per heavy atom. The number of aromatic nitrogens is 3. The minimum Gasteiger partial charge on any atom is -0.360 e. The van der Waals surface area contributed by atoms with Gasteiger partial charge in [0.05, 0.1) is 0 Å². The Morgan fingerprint density at radius 2 is 2.17 bits per heavy atom. The summed E-state index contributed by atoms with van der Waals surface area (Å²) in [5.74, 6) is 0.0402. The molecular weight excluding hydrogens is 294 g/mol. The zero-order valence-electron chi connectivity index (χ0n) is 13.2. The van der Waals surface area contributed by atoms with E-state index in [9.17, 15) is 4.79 Å². The maximum atomic E-state index is 12.0. The number of amides is 1. The minimum atomic E-state index is -0.345. The summed E-state index contributed by atoms with van der Waals surface area (Å²) in [6.07, 6.45) is 2.68. The zero-order chi connectivity index (χ0) is 16.2. The van der Waals surface area contributed by atoms with Crippen molar-refractivity contribution in [3.8, 4) is 11.4 Å². The number of rotatable bonds is 6. The summed E-state index contributed by atoms with van der Waals surface area (Å²) in [6.45, 7) is 1.48. The van der Waals surface area contributed by atoms with Crippen molar-refractivity contribution in [2.24, 2.45) is 0 Å². The third kappa shape index (κ3) is 3.40. The van der Waals surface area contributed by atoms with Crippen LogP contribution >= 0.6 is 0 Å². The predicted octanol–water partition coefficient (Wildman–Crippen LogP) is 1.90. The fourth-order valence-corrected chi connectivity index (χ4v) is 2.35. The lowest BCUT2D eigenvalue weighted by molar-refractivity contribution is 0.0908. The van der Waals surface area contributed by atoms with Crippen molar-refractivity contribution in [1.82, 2.24) is 25.3 Å². The Kier molecular flexibility index (Phi) is 4.38. The number of benzene rings is 1. The van der Waals surface area contributed by atoms with Gasteiger partial charge >= 0.3 is 11.8 Å². The summed E-state index contributed by atoms with van der Waals surface area (Å²) in [6, 6.07) is 7.83. The van der Waals surface area contributed by atoms with Crippen LogP contribution < -0.4 is 5.32 Å². The molecule has 23 heavy (non-hydrogen) atoms. The van der Waals surface area contributed by atoms with Crippen molar-refractivity contribution in [2.75, 3.05) is 27.2 Å². The van der Waals surface area contributed by atoms with Gasteiger partial charge in [0.1, 0.15) is 0 Å². The third-order valence-electron chi connectivity index (χ3n) is 3.52. The molecule has 0 atom stereocenters. The maximum Gasteiger partial charge on any atom is 0.316 e. The highest BCUT2D eigenvalue weighted by Gasteiger charge is 2.17. The number of nitrogens with zero attached hydrogens (tertiary/aromatic N) is 3. The van der Waals surface area contributed by atoms with Gasteiger partial charge in [-0.05, 0) is 33.1 Å². The van der Waals surface area contributed by atoms with E-state index in [0.717, 1.165) is 29.4 Å². The summed E-state index contributed by atoms with van der Waals surface area (Å²) in [4.78, 5) is 21.4. The van der Waals surface area contributed by atoms with Crippen LogP contribution in [-0.4, -0.2) is 53.1 Å². The molecule has 7 heteroatoms. The van der Waals surface area contributed by atoms with Gasteiger partial charge in [0.2, 0.25) is 5.82 Å². The van der Waals surface area contributed by atoms with E-state index in [2.05, 4.69) is 25.3 Å². The number of H-pyrrole nitrogens is 1. The Bertz CT molecular complexity index is 806. The summed E-state index contributed by atoms with van der Waals surface area (Å²) in [5, 5.41) is 7.68. The quantitative estimate of drug-likeness (QED) is 0.679. The molecule has 2 N–H and O–H groups in total. The molecule has 0 saturated heterocycles. The van der Waals surface area contributed by atoms with E-state index in [1.54, 1.807) is 0 Å². The molecule has 1 amide bonds. The molecule has 0 radical (unpaired) electrons. The minimum absolute atomic E-state index is 0.0184. The van der Waals surface area contributed by atoms with Crippen LogP contribution in [0.1, 0.15) is 17.1 Å². The van der Waals surface area contributed by atoms with Crippen LogP contribution in [0.4, 0.5) is 0 Å². The molecule has 0 spiro atoms. The second kappa shape index (κ2) is 6.62. The molecule has 0 aliphatic rings. The monoisotopic (exact) mass is 313 g/mol. The Morgan fingerprint density at radius 3 is 3.00 bits per heavy atom. The van der Waals surface area contributed by atoms with Gasteiger partial charge in [-0.1, -0.05) is 23.4 Å². The Balaban J connectivity index is 1.69. The number of hydrogen-bond donors (Lipinski definition) is 2. The topological polar surface area (TPSA) is 87.0 Å². The zero-order valence-corrected chi connectivity index (χ0v) is 13.2. The van der Waals surface area contributed by atoms with E-state index in [1.165, 1.54) is 0 Å². The first-order valence-corrected chi connectivity index (χ1v) is 7.48. The molecule has 0 unspecified atom stereocenters. The molecule has 2 heterocycles. The molecule has 120 valence electrons. The number of hydrogen-bond acceptors (Lipinski definition) is 5. The SMILES string of the molecule is CN(C)CCCNC(=O)c1nc(-c2c[nH]c3ccccc23)no1. The molecule has 2 aromatic heterocycles. The summed E-state index contributed by atoms with van der Waals surface area (Å²) in [7, 11) is 3.99. The van der Waals surface area contributed by atoms with Crippen LogP contribution in [0.15, 0.2) is 35.0 Å². The fourth-order valence-electron chi connectivity index (χ4n) is 2.35. The van der Waals surface area contributed by atoms with Gasteiger partial charge in [-0.2, -0.15) is 4.98 Å². The molecule has 0 bridgehead atoms. The molecule has 1 aromatic carbocycles. The van der Waals surface area contributed by atoms with Gasteiger partial charge in [-0.25, -0.2) is 0 Å². The second-order valence-electron chi connectivity index (χ2n) is 5.58. The summed E-state index contributed by atoms with van der Waals surface area (Å²) >= 11 is 0. The summed E-state index contributed by atoms with van der Waals surface area (Å²) < 4.78 is 5.08. The molecule has 0 aliphatic carbocycles. The molecule has 3 aromatic rings. The molecule has 3 rings (SSSR count). The molecule has 0 fully saturated rings. The molecular formula is C16H19N5O2. The van der Waals surface area contributed by atoms with E-state index in [4.69, 9.17) is 4.52 Å². The molecule has 0 saturated carbocycles. The van der Waals surface area contributed by atoms with E-state index in [0.29, 0.717) is 12.4 Å². The fraction of sp³-hybridized carbons (Fsp3) is 0.312. The second-order valence-corrected chi connectivity index (χ2v) is 5.58. The lowest BCUT2D eigenvalue weighted by atomic mass is 10.2. The third-order valence-corrected chi connectivity index (χ3v) is 3.52. The molecule has 0 aliphatic heterocycles. The first-order chi connectivity index (χ1) is 11.1. The highest BCUT2D eigenvalue weighted by Crippen LogP contribution is 2.26. The van der Waals surface area contributed by atoms with Gasteiger partial charge in [0.25, 0.3) is 0 Å². The predicted molar refractivity (Wildman–Crippen MR) is 87.1 cm³/mol. The standard InChI is InChI=1S/C16H19N5O2/c1-21(2)9-5-8-17-15(22)16-19-14(20-23-16)12-10-18-13-7-4-3-6-11(12)13/h3-4,6-7,10,18H,5,8-9H2,1-2H3,(H,17,22). The summed E-state index contributed by atoms with van der Waals surface area (Å²) in [5.41, 5.74) is 1.80. The van der Waals surface area contributed by atoms with Crippen molar-refractivity contribution < 1.29 is 9.32 Å². The van der Waals surface area contributed by atoms with Crippen molar-refractivity contribution >= 4 is 16.8 Å². The van der Waals surface area contributed by atoms with Crippen LogP contribution in [0.2, 0.25) is 0 Å². The van der Waals surface area contributed by atoms with Gasteiger partial charge in [0.15, 0.2) is 0 Å². The van der Waals surface area contributed by atoms with E-state index in [-0.39, 0.29) is 11.8 Å². The van der Waals surface area contributed by atoms with Crippen LogP contribution in [0, 0.1) is 0 Å². The normalized spacial score (nSPS) is 11.3. The van der Waals surface area contributed by atoms with Crippen molar-refractivity contribution in [2.45, 2.75) is 6.42 Å². The number of aromatic amines is 1. The maximum absolute atomic E-state index is 12.0. The van der Waals surface area contributed by atoms with E-state index in [1.807, 2.05) is 44.6 Å². The van der Waals surface area contributed by atoms with Crippen molar-refractivity contribution in [3.63, 3.8) is 0 Å². The van der Waals surface area contributed by atoms with Crippen LogP contribution in [-0.2, 0) is 0 Å². The number of carbonyl (C=O) groups is 1. The Hall–Kier alpha value is -2.67. The highest BCUT2D eigenvalue weighted by molar-refractivity contribution is 5.94. The highest BCUT2D eigenvalue weighted by atomic mass is 16.5. The lowest BCUT2D eigenvalue weighted by Crippen LogP contribution is -2.27. The number of carbonyl (C=O) groups excluding carboxylic acids is 1. The van der Waals surface area contributed by atoms with Gasteiger partial charge in [0, 0.05) is 29.2 Å².